The van der Waals surface area contributed by atoms with E-state index >= 15 is 0 Å². The van der Waals surface area contributed by atoms with Crippen LogP contribution >= 0.6 is 11.8 Å². The van der Waals surface area contributed by atoms with Gasteiger partial charge in [0.1, 0.15) is 11.2 Å². The summed E-state index contributed by atoms with van der Waals surface area (Å²) in [7, 11) is 1.16. The molecular formula is C16H24N2O6S. The zero-order valence-corrected chi connectivity index (χ0v) is 16.4. The Labute approximate surface area is 151 Å². The molecule has 0 saturated carbocycles. The molecule has 1 aliphatic heterocycles. The van der Waals surface area contributed by atoms with Gasteiger partial charge in [0.05, 0.1) is 18.7 Å². The van der Waals surface area contributed by atoms with Gasteiger partial charge in [-0.2, -0.15) is 4.99 Å². The highest BCUT2D eigenvalue weighted by Gasteiger charge is 2.34. The predicted octanol–water partition coefficient (Wildman–Crippen LogP) is 3.32. The largest absolute Gasteiger partial charge is 0.464 e. The van der Waals surface area contributed by atoms with Crippen LogP contribution in [-0.2, 0) is 19.0 Å². The number of rotatable bonds is 2. The minimum atomic E-state index is -0.949. The maximum absolute atomic E-state index is 12.3. The number of nitrogens with zero attached hydrogens (tertiary/aromatic N) is 2. The van der Waals surface area contributed by atoms with Crippen molar-refractivity contribution in [1.82, 2.24) is 4.90 Å². The molecule has 1 rings (SSSR count). The van der Waals surface area contributed by atoms with Crippen LogP contribution in [-0.4, -0.2) is 53.0 Å². The Morgan fingerprint density at radius 1 is 1.08 bits per heavy atom. The van der Waals surface area contributed by atoms with Crippen molar-refractivity contribution in [2.75, 3.05) is 13.0 Å². The van der Waals surface area contributed by atoms with E-state index in [2.05, 4.69) is 9.73 Å². The number of carbonyl (C=O) groups is 3. The molecule has 0 bridgehead atoms. The maximum atomic E-state index is 12.3. The summed E-state index contributed by atoms with van der Waals surface area (Å²) < 4.78 is 15.1. The topological polar surface area (TPSA) is 94.5 Å². The zero-order chi connectivity index (χ0) is 19.4. The number of amides is 2. The summed E-state index contributed by atoms with van der Waals surface area (Å²) in [6, 6.07) is 0. The van der Waals surface area contributed by atoms with E-state index in [9.17, 15) is 14.4 Å². The van der Waals surface area contributed by atoms with Crippen molar-refractivity contribution in [1.29, 1.82) is 0 Å². The van der Waals surface area contributed by atoms with E-state index < -0.39 is 29.4 Å². The second kappa shape index (κ2) is 7.90. The molecule has 9 heteroatoms. The fraction of sp³-hybridized carbons (Fsp3) is 0.625. The van der Waals surface area contributed by atoms with E-state index in [4.69, 9.17) is 9.47 Å². The van der Waals surface area contributed by atoms with Gasteiger partial charge in [-0.05, 0) is 47.0 Å². The molecule has 0 N–H and O–H groups in total. The minimum absolute atomic E-state index is 0.136. The smallest absolute Gasteiger partial charge is 0.434 e. The first kappa shape index (κ1) is 21.0. The number of hydrogen-bond acceptors (Lipinski definition) is 7. The third-order valence-electron chi connectivity index (χ3n) is 2.52. The fourth-order valence-corrected chi connectivity index (χ4v) is 2.52. The summed E-state index contributed by atoms with van der Waals surface area (Å²) in [5.74, 6) is -0.623. The van der Waals surface area contributed by atoms with Crippen LogP contribution in [0, 0.1) is 0 Å². The minimum Gasteiger partial charge on any atom is -0.464 e. The van der Waals surface area contributed by atoms with Crippen LogP contribution < -0.4 is 0 Å². The van der Waals surface area contributed by atoms with Crippen molar-refractivity contribution in [2.24, 2.45) is 4.99 Å². The highest BCUT2D eigenvalue weighted by atomic mass is 32.2. The molecular weight excluding hydrogens is 348 g/mol. The van der Waals surface area contributed by atoms with Crippen molar-refractivity contribution in [2.45, 2.75) is 52.7 Å². The first-order valence-electron chi connectivity index (χ1n) is 7.56. The summed E-state index contributed by atoms with van der Waals surface area (Å²) >= 11 is 1.26. The van der Waals surface area contributed by atoms with E-state index in [1.807, 2.05) is 0 Å². The van der Waals surface area contributed by atoms with Gasteiger partial charge >= 0.3 is 18.2 Å². The lowest BCUT2D eigenvalue weighted by Crippen LogP contribution is -2.38. The summed E-state index contributed by atoms with van der Waals surface area (Å²) in [6.07, 6.45) is -1.60. The lowest BCUT2D eigenvalue weighted by molar-refractivity contribution is -0.132. The number of carbonyl (C=O) groups excluding carboxylic acids is 3. The number of esters is 1. The van der Waals surface area contributed by atoms with Crippen molar-refractivity contribution < 1.29 is 28.6 Å². The van der Waals surface area contributed by atoms with E-state index in [-0.39, 0.29) is 17.3 Å². The van der Waals surface area contributed by atoms with Crippen LogP contribution in [0.3, 0.4) is 0 Å². The van der Waals surface area contributed by atoms with Gasteiger partial charge in [-0.25, -0.2) is 14.4 Å². The highest BCUT2D eigenvalue weighted by Crippen LogP contribution is 2.27. The molecule has 0 aromatic heterocycles. The number of hydrogen-bond donors (Lipinski definition) is 0. The molecule has 1 heterocycles. The molecule has 0 radical (unpaired) electrons. The second-order valence-electron chi connectivity index (χ2n) is 7.14. The Bertz CT molecular complexity index is 613. The molecule has 0 aliphatic carbocycles. The summed E-state index contributed by atoms with van der Waals surface area (Å²) in [5, 5.41) is 1.55. The summed E-state index contributed by atoms with van der Waals surface area (Å²) in [6.45, 7) is 10.2. The average molecular weight is 372 g/mol. The van der Waals surface area contributed by atoms with E-state index in [0.29, 0.717) is 0 Å². The molecule has 0 fully saturated rings. The Morgan fingerprint density at radius 3 is 2.12 bits per heavy atom. The second-order valence-corrected chi connectivity index (χ2v) is 7.97. The fourth-order valence-electron chi connectivity index (χ4n) is 1.66. The summed E-state index contributed by atoms with van der Waals surface area (Å²) in [4.78, 5) is 41.3. The maximum Gasteiger partial charge on any atom is 0.434 e. The highest BCUT2D eigenvalue weighted by molar-refractivity contribution is 8.02. The van der Waals surface area contributed by atoms with Crippen LogP contribution in [0.15, 0.2) is 16.1 Å². The van der Waals surface area contributed by atoms with Gasteiger partial charge in [-0.15, -0.1) is 11.8 Å². The van der Waals surface area contributed by atoms with Gasteiger partial charge in [-0.3, -0.25) is 4.90 Å². The number of methoxy groups -OCH3 is 1. The molecule has 0 atom stereocenters. The molecule has 25 heavy (non-hydrogen) atoms. The number of ether oxygens (including phenoxy) is 3. The Morgan fingerprint density at radius 2 is 1.64 bits per heavy atom. The molecule has 0 aromatic rings. The first-order chi connectivity index (χ1) is 11.3. The molecule has 0 spiro atoms. The summed E-state index contributed by atoms with van der Waals surface area (Å²) in [5.41, 5.74) is -1.65. The van der Waals surface area contributed by atoms with Crippen LogP contribution in [0.4, 0.5) is 9.59 Å². The van der Waals surface area contributed by atoms with Gasteiger partial charge in [0, 0.05) is 0 Å². The predicted molar refractivity (Wildman–Crippen MR) is 94.3 cm³/mol. The Hall–Kier alpha value is -2.03. The van der Waals surface area contributed by atoms with Crippen LogP contribution in [0.2, 0.25) is 0 Å². The van der Waals surface area contributed by atoms with Crippen LogP contribution in [0.25, 0.3) is 0 Å². The Kier molecular flexibility index (Phi) is 6.64. The molecule has 140 valence electrons. The van der Waals surface area contributed by atoms with E-state index in [1.165, 1.54) is 16.7 Å². The van der Waals surface area contributed by atoms with Crippen molar-refractivity contribution in [3.05, 3.63) is 11.1 Å². The van der Waals surface area contributed by atoms with Gasteiger partial charge in [0.25, 0.3) is 0 Å². The Balaban J connectivity index is 3.12. The average Bonchev–Trinajstić information content (AvgIpc) is 2.89. The van der Waals surface area contributed by atoms with Gasteiger partial charge < -0.3 is 14.2 Å². The van der Waals surface area contributed by atoms with Crippen molar-refractivity contribution in [3.63, 3.8) is 0 Å². The third kappa shape index (κ3) is 6.77. The van der Waals surface area contributed by atoms with E-state index in [1.54, 1.807) is 47.0 Å². The lowest BCUT2D eigenvalue weighted by Gasteiger charge is -2.25. The molecule has 1 aliphatic rings. The van der Waals surface area contributed by atoms with E-state index in [0.717, 1.165) is 7.11 Å². The molecule has 0 saturated heterocycles. The number of thioether (sulfide) groups is 1. The quantitative estimate of drug-likeness (QED) is 0.417. The zero-order valence-electron chi connectivity index (χ0n) is 15.5. The number of aliphatic imine (C=N–C) groups is 1. The lowest BCUT2D eigenvalue weighted by atomic mass is 10.2. The molecule has 8 nitrogen and oxygen atoms in total. The molecule has 0 unspecified atom stereocenters. The van der Waals surface area contributed by atoms with Crippen LogP contribution in [0.1, 0.15) is 41.5 Å². The van der Waals surface area contributed by atoms with Crippen molar-refractivity contribution >= 4 is 35.6 Å². The third-order valence-corrected chi connectivity index (χ3v) is 3.32. The standard InChI is InChI=1S/C16H24N2O6S/c1-15(2,3)23-13(20)17-11(12(19)22-7)10-8-25-9-18(10)14(21)24-16(4,5)6/h8H,9H2,1-7H3. The van der Waals surface area contributed by atoms with Crippen LogP contribution in [0.5, 0.6) is 0 Å². The normalized spacial score (nSPS) is 15.6. The SMILES string of the molecule is COC(=O)C(=NC(=O)OC(C)(C)C)C1=CSCN1C(=O)OC(C)(C)C. The molecule has 0 aromatic carbocycles. The monoisotopic (exact) mass is 372 g/mol. The van der Waals surface area contributed by atoms with Crippen molar-refractivity contribution in [3.8, 4) is 0 Å². The molecule has 2 amide bonds. The van der Waals surface area contributed by atoms with Gasteiger partial charge in [0.2, 0.25) is 0 Å². The first-order valence-corrected chi connectivity index (χ1v) is 8.61. The van der Waals surface area contributed by atoms with Gasteiger partial charge in [-0.1, -0.05) is 0 Å². The van der Waals surface area contributed by atoms with Gasteiger partial charge in [0.15, 0.2) is 5.71 Å².